The molecule has 4 fully saturated rings. The van der Waals surface area contributed by atoms with Gasteiger partial charge in [0.1, 0.15) is 0 Å². The van der Waals surface area contributed by atoms with Gasteiger partial charge in [0.2, 0.25) is 0 Å². The summed E-state index contributed by atoms with van der Waals surface area (Å²) in [5, 5.41) is 22.6. The number of ether oxygens (including phenoxy) is 1. The van der Waals surface area contributed by atoms with E-state index in [9.17, 15) is 9.90 Å². The summed E-state index contributed by atoms with van der Waals surface area (Å²) < 4.78 is 4.92. The zero-order chi connectivity index (χ0) is 29.5. The predicted octanol–water partition coefficient (Wildman–Crippen LogP) is 4.47. The predicted molar refractivity (Wildman–Crippen MR) is 167 cm³/mol. The Morgan fingerprint density at radius 2 is 1.59 bits per heavy atom. The minimum absolute atomic E-state index is 0.0817. The lowest BCUT2D eigenvalue weighted by atomic mass is 9.43. The van der Waals surface area contributed by atoms with Gasteiger partial charge in [0.25, 0.3) is 0 Å². The van der Waals surface area contributed by atoms with E-state index in [0.29, 0.717) is 58.8 Å². The van der Waals surface area contributed by atoms with Crippen molar-refractivity contribution >= 4 is 5.97 Å². The highest BCUT2D eigenvalue weighted by atomic mass is 16.5. The monoisotopic (exact) mass is 576 g/mol. The summed E-state index contributed by atoms with van der Waals surface area (Å²) in [6.07, 6.45) is 14.6. The molecule has 0 bridgehead atoms. The largest absolute Gasteiger partial charge is 0.469 e. The number of hydrogen-bond acceptors (Lipinski definition) is 7. The fourth-order valence-electron chi connectivity index (χ4n) is 10.4. The highest BCUT2D eigenvalue weighted by Crippen LogP contribution is 2.68. The molecule has 238 valence electrons. The van der Waals surface area contributed by atoms with Gasteiger partial charge >= 0.3 is 5.97 Å². The number of nitrogens with two attached hydrogens (primary N) is 1. The van der Waals surface area contributed by atoms with Crippen LogP contribution >= 0.6 is 0 Å². The van der Waals surface area contributed by atoms with Gasteiger partial charge in [-0.1, -0.05) is 20.8 Å². The van der Waals surface area contributed by atoms with Crippen molar-refractivity contribution < 1.29 is 14.6 Å². The molecule has 0 spiro atoms. The maximum absolute atomic E-state index is 11.8. The smallest absolute Gasteiger partial charge is 0.305 e. The summed E-state index contributed by atoms with van der Waals surface area (Å²) in [4.78, 5) is 11.8. The molecule has 7 nitrogen and oxygen atoms in total. The Morgan fingerprint density at radius 1 is 0.927 bits per heavy atom. The molecule has 4 rings (SSSR count). The Balaban J connectivity index is 1.22. The summed E-state index contributed by atoms with van der Waals surface area (Å²) in [5.74, 6) is 3.49. The van der Waals surface area contributed by atoms with Crippen molar-refractivity contribution in [1.82, 2.24) is 16.0 Å². The summed E-state index contributed by atoms with van der Waals surface area (Å²) in [7, 11) is 1.49. The number of nitrogens with one attached hydrogen (secondary N) is 3. The van der Waals surface area contributed by atoms with Crippen LogP contribution in [0.3, 0.4) is 0 Å². The Kier molecular flexibility index (Phi) is 12.4. The standard InChI is InChI=1S/C34H64N4O3/c1-24(8-11-31(40)41-4)27-9-10-28-32-29(13-15-34(27,28)3)33(2)14-12-26(22-25(33)23-30(32)39)38-21-7-20-37-19-6-18-36-17-5-16-35/h24-30,32,36-39H,5-23,35H2,1-4H3/t24-,25?,26+,27?,28?,29?,30-,32?,33+,34-/m1/s1. The molecule has 7 heteroatoms. The molecule has 4 aliphatic carbocycles. The Bertz CT molecular complexity index is 813. The first-order valence-electron chi connectivity index (χ1n) is 17.3. The van der Waals surface area contributed by atoms with Crippen LogP contribution in [0.2, 0.25) is 0 Å². The number of aliphatic hydroxyl groups excluding tert-OH is 1. The first-order valence-corrected chi connectivity index (χ1v) is 17.3. The molecule has 5 unspecified atom stereocenters. The highest BCUT2D eigenvalue weighted by molar-refractivity contribution is 5.69. The molecule has 0 radical (unpaired) electrons. The Hall–Kier alpha value is -0.730. The third-order valence-electron chi connectivity index (χ3n) is 12.7. The summed E-state index contributed by atoms with van der Waals surface area (Å²) in [6.45, 7) is 13.6. The van der Waals surface area contributed by atoms with E-state index in [-0.39, 0.29) is 12.1 Å². The minimum Gasteiger partial charge on any atom is -0.469 e. The van der Waals surface area contributed by atoms with Gasteiger partial charge in [0.05, 0.1) is 13.2 Å². The second kappa shape index (κ2) is 15.3. The van der Waals surface area contributed by atoms with Crippen LogP contribution in [-0.4, -0.2) is 69.6 Å². The summed E-state index contributed by atoms with van der Waals surface area (Å²) >= 11 is 0. The van der Waals surface area contributed by atoms with Crippen molar-refractivity contribution in [3.8, 4) is 0 Å². The minimum atomic E-state index is -0.153. The first kappa shape index (κ1) is 33.2. The van der Waals surface area contributed by atoms with Crippen LogP contribution < -0.4 is 21.7 Å². The van der Waals surface area contributed by atoms with Crippen molar-refractivity contribution in [2.24, 2.45) is 52.1 Å². The van der Waals surface area contributed by atoms with Gasteiger partial charge in [-0.3, -0.25) is 4.79 Å². The molecule has 0 heterocycles. The van der Waals surface area contributed by atoms with Crippen LogP contribution in [0.4, 0.5) is 0 Å². The number of carbonyl (C=O) groups is 1. The van der Waals surface area contributed by atoms with Gasteiger partial charge in [-0.05, 0) is 163 Å². The van der Waals surface area contributed by atoms with E-state index < -0.39 is 0 Å². The summed E-state index contributed by atoms with van der Waals surface area (Å²) in [6, 6.07) is 0.601. The van der Waals surface area contributed by atoms with Crippen LogP contribution in [0.15, 0.2) is 0 Å². The zero-order valence-electron chi connectivity index (χ0n) is 26.9. The van der Waals surface area contributed by atoms with Gasteiger partial charge in [-0.2, -0.15) is 0 Å². The molecule has 0 amide bonds. The quantitative estimate of drug-likeness (QED) is 0.136. The van der Waals surface area contributed by atoms with Crippen molar-refractivity contribution in [2.75, 3.05) is 46.4 Å². The van der Waals surface area contributed by atoms with Gasteiger partial charge in [0, 0.05) is 12.5 Å². The van der Waals surface area contributed by atoms with Crippen LogP contribution in [0.1, 0.15) is 104 Å². The van der Waals surface area contributed by atoms with Crippen molar-refractivity contribution in [3.63, 3.8) is 0 Å². The van der Waals surface area contributed by atoms with Crippen LogP contribution in [0, 0.1) is 46.3 Å². The maximum Gasteiger partial charge on any atom is 0.305 e. The number of hydrogen-bond donors (Lipinski definition) is 5. The molecule has 0 aliphatic heterocycles. The molecule has 0 aromatic carbocycles. The van der Waals surface area contributed by atoms with E-state index in [1.807, 2.05) is 0 Å². The van der Waals surface area contributed by atoms with Gasteiger partial charge in [-0.15, -0.1) is 0 Å². The van der Waals surface area contributed by atoms with Crippen molar-refractivity contribution in [2.45, 2.75) is 116 Å². The van der Waals surface area contributed by atoms with Gasteiger partial charge < -0.3 is 31.5 Å². The van der Waals surface area contributed by atoms with Crippen molar-refractivity contribution in [1.29, 1.82) is 0 Å². The second-order valence-electron chi connectivity index (χ2n) is 14.9. The third kappa shape index (κ3) is 7.68. The van der Waals surface area contributed by atoms with E-state index >= 15 is 0 Å². The van der Waals surface area contributed by atoms with E-state index in [1.165, 1.54) is 64.9 Å². The molecule has 41 heavy (non-hydrogen) atoms. The number of carbonyl (C=O) groups excluding carboxylic acids is 1. The maximum atomic E-state index is 11.8. The van der Waals surface area contributed by atoms with E-state index in [1.54, 1.807) is 0 Å². The average Bonchev–Trinajstić information content (AvgIpc) is 3.32. The van der Waals surface area contributed by atoms with E-state index in [2.05, 4.69) is 36.7 Å². The Morgan fingerprint density at radius 3 is 2.29 bits per heavy atom. The molecule has 6 N–H and O–H groups in total. The van der Waals surface area contributed by atoms with E-state index in [0.717, 1.165) is 58.5 Å². The molecule has 0 aromatic rings. The first-order chi connectivity index (χ1) is 19.7. The van der Waals surface area contributed by atoms with Crippen LogP contribution in [-0.2, 0) is 9.53 Å². The number of methoxy groups -OCH3 is 1. The average molecular weight is 577 g/mol. The van der Waals surface area contributed by atoms with E-state index in [4.69, 9.17) is 10.5 Å². The van der Waals surface area contributed by atoms with Crippen LogP contribution in [0.25, 0.3) is 0 Å². The lowest BCUT2D eigenvalue weighted by Gasteiger charge is -2.62. The van der Waals surface area contributed by atoms with Gasteiger partial charge in [0.15, 0.2) is 0 Å². The number of aliphatic hydroxyl groups is 1. The van der Waals surface area contributed by atoms with Gasteiger partial charge in [-0.25, -0.2) is 0 Å². The molecule has 4 aliphatic rings. The number of esters is 1. The lowest BCUT2D eigenvalue weighted by molar-refractivity contribution is -0.167. The zero-order valence-corrected chi connectivity index (χ0v) is 26.9. The fourth-order valence-corrected chi connectivity index (χ4v) is 10.4. The van der Waals surface area contributed by atoms with Crippen LogP contribution in [0.5, 0.6) is 0 Å². The highest BCUT2D eigenvalue weighted by Gasteiger charge is 2.62. The lowest BCUT2D eigenvalue weighted by Crippen LogP contribution is -2.59. The number of rotatable bonds is 16. The molecule has 10 atom stereocenters. The second-order valence-corrected chi connectivity index (χ2v) is 14.9. The summed E-state index contributed by atoms with van der Waals surface area (Å²) in [5.41, 5.74) is 6.21. The fraction of sp³-hybridized carbons (Fsp3) is 0.971. The van der Waals surface area contributed by atoms with Crippen molar-refractivity contribution in [3.05, 3.63) is 0 Å². The SMILES string of the molecule is COC(=O)CC[C@@H](C)C1CCC2C3C(CC[C@@]21C)[C@@]1(C)CC[C@H](NCCCNCCCNCCCN)CC1C[C@H]3O. The molecule has 0 saturated heterocycles. The molecular weight excluding hydrogens is 512 g/mol. The number of fused-ring (bicyclic) bond motifs is 5. The molecule has 4 saturated carbocycles. The molecule has 0 aromatic heterocycles. The Labute approximate surface area is 251 Å². The molecular formula is C34H64N4O3. The normalized spacial score (nSPS) is 39.0. The third-order valence-corrected chi connectivity index (χ3v) is 12.7. The topological polar surface area (TPSA) is 109 Å².